The van der Waals surface area contributed by atoms with Crippen molar-refractivity contribution >= 4 is 51.6 Å². The van der Waals surface area contributed by atoms with E-state index in [-0.39, 0.29) is 5.78 Å². The maximum absolute atomic E-state index is 12.2. The first-order valence-corrected chi connectivity index (χ1v) is 7.12. The van der Waals surface area contributed by atoms with Crippen molar-refractivity contribution < 1.29 is 4.79 Å². The standard InChI is InChI=1S/C14H9Cl2IO/c15-10-3-1-2-9(6-10)7-14(18)12-8-11(16)4-5-13(12)17/h1-6,8H,7H2. The number of Topliss-reactive ketones (excluding diaryl/α,β-unsaturated/α-hetero) is 1. The fourth-order valence-corrected chi connectivity index (χ4v) is 2.66. The largest absolute Gasteiger partial charge is 0.294 e. The van der Waals surface area contributed by atoms with E-state index in [0.717, 1.165) is 9.13 Å². The minimum atomic E-state index is 0.0455. The lowest BCUT2D eigenvalue weighted by molar-refractivity contribution is 0.0992. The SMILES string of the molecule is O=C(Cc1cccc(Cl)c1)c1cc(Cl)ccc1I. The summed E-state index contributed by atoms with van der Waals surface area (Å²) in [4.78, 5) is 12.2. The normalized spacial score (nSPS) is 10.4. The molecule has 0 unspecified atom stereocenters. The van der Waals surface area contributed by atoms with E-state index in [2.05, 4.69) is 22.6 Å². The van der Waals surface area contributed by atoms with Gasteiger partial charge in [-0.05, 0) is 58.5 Å². The Morgan fingerprint density at radius 2 is 1.78 bits per heavy atom. The molecule has 0 saturated carbocycles. The summed E-state index contributed by atoms with van der Waals surface area (Å²) in [5, 5.41) is 1.21. The Labute approximate surface area is 129 Å². The summed E-state index contributed by atoms with van der Waals surface area (Å²) in [6.45, 7) is 0. The molecule has 0 aromatic heterocycles. The van der Waals surface area contributed by atoms with Crippen LogP contribution in [0.25, 0.3) is 0 Å². The molecule has 0 aliphatic carbocycles. The summed E-state index contributed by atoms with van der Waals surface area (Å²) in [6, 6.07) is 12.6. The van der Waals surface area contributed by atoms with Gasteiger partial charge in [0, 0.05) is 25.6 Å². The molecule has 2 rings (SSSR count). The zero-order valence-corrected chi connectivity index (χ0v) is 13.0. The number of halogens is 3. The van der Waals surface area contributed by atoms with Crippen LogP contribution in [-0.2, 0) is 6.42 Å². The molecule has 2 aromatic carbocycles. The average molecular weight is 391 g/mol. The van der Waals surface area contributed by atoms with E-state index in [1.165, 1.54) is 0 Å². The van der Waals surface area contributed by atoms with Crippen molar-refractivity contribution in [2.75, 3.05) is 0 Å². The summed E-state index contributed by atoms with van der Waals surface area (Å²) in [5.41, 5.74) is 1.56. The molecular weight excluding hydrogens is 382 g/mol. The van der Waals surface area contributed by atoms with Crippen molar-refractivity contribution in [1.82, 2.24) is 0 Å². The van der Waals surface area contributed by atoms with Crippen LogP contribution in [0.15, 0.2) is 42.5 Å². The summed E-state index contributed by atoms with van der Waals surface area (Å²) in [7, 11) is 0. The Morgan fingerprint density at radius 1 is 1.06 bits per heavy atom. The molecule has 0 aliphatic rings. The van der Waals surface area contributed by atoms with Gasteiger partial charge in [-0.15, -0.1) is 0 Å². The van der Waals surface area contributed by atoms with E-state index >= 15 is 0 Å². The van der Waals surface area contributed by atoms with Crippen molar-refractivity contribution in [3.05, 3.63) is 67.2 Å². The monoisotopic (exact) mass is 390 g/mol. The molecule has 0 atom stereocenters. The van der Waals surface area contributed by atoms with Gasteiger partial charge >= 0.3 is 0 Å². The predicted octanol–water partition coefficient (Wildman–Crippen LogP) is 5.02. The zero-order valence-electron chi connectivity index (χ0n) is 9.29. The fraction of sp³-hybridized carbons (Fsp3) is 0.0714. The lowest BCUT2D eigenvalue weighted by Gasteiger charge is -2.05. The van der Waals surface area contributed by atoms with E-state index in [1.54, 1.807) is 24.3 Å². The lowest BCUT2D eigenvalue weighted by atomic mass is 10.0. The van der Waals surface area contributed by atoms with Gasteiger partial charge in [0.15, 0.2) is 5.78 Å². The Hall–Kier alpha value is -0.580. The van der Waals surface area contributed by atoms with Crippen molar-refractivity contribution in [1.29, 1.82) is 0 Å². The quantitative estimate of drug-likeness (QED) is 0.531. The van der Waals surface area contributed by atoms with Crippen molar-refractivity contribution in [2.24, 2.45) is 0 Å². The van der Waals surface area contributed by atoms with Crippen molar-refractivity contribution in [2.45, 2.75) is 6.42 Å². The molecule has 18 heavy (non-hydrogen) atoms. The minimum absolute atomic E-state index is 0.0455. The number of rotatable bonds is 3. The number of carbonyl (C=O) groups excluding carboxylic acids is 1. The van der Waals surface area contributed by atoms with E-state index in [0.29, 0.717) is 22.0 Å². The molecule has 2 aromatic rings. The number of hydrogen-bond donors (Lipinski definition) is 0. The molecule has 0 amide bonds. The molecule has 0 radical (unpaired) electrons. The minimum Gasteiger partial charge on any atom is -0.294 e. The van der Waals surface area contributed by atoms with Gasteiger partial charge < -0.3 is 0 Å². The van der Waals surface area contributed by atoms with Gasteiger partial charge in [0.05, 0.1) is 0 Å². The molecule has 0 aliphatic heterocycles. The second kappa shape index (κ2) is 6.04. The Morgan fingerprint density at radius 3 is 2.50 bits per heavy atom. The van der Waals surface area contributed by atoms with Crippen LogP contribution >= 0.6 is 45.8 Å². The van der Waals surface area contributed by atoms with E-state index < -0.39 is 0 Å². The summed E-state index contributed by atoms with van der Waals surface area (Å²) in [5.74, 6) is 0.0455. The number of hydrogen-bond acceptors (Lipinski definition) is 1. The first-order valence-electron chi connectivity index (χ1n) is 5.29. The van der Waals surface area contributed by atoms with Crippen molar-refractivity contribution in [3.8, 4) is 0 Å². The highest BCUT2D eigenvalue weighted by molar-refractivity contribution is 14.1. The summed E-state index contributed by atoms with van der Waals surface area (Å²) in [6.07, 6.45) is 0.330. The highest BCUT2D eigenvalue weighted by atomic mass is 127. The van der Waals surface area contributed by atoms with Gasteiger partial charge in [0.25, 0.3) is 0 Å². The van der Waals surface area contributed by atoms with Gasteiger partial charge in [-0.25, -0.2) is 0 Å². The third-order valence-corrected chi connectivity index (χ3v) is 3.89. The first kappa shape index (κ1) is 13.8. The predicted molar refractivity (Wildman–Crippen MR) is 83.7 cm³/mol. The maximum Gasteiger partial charge on any atom is 0.168 e. The second-order valence-electron chi connectivity index (χ2n) is 3.85. The number of benzene rings is 2. The van der Waals surface area contributed by atoms with Gasteiger partial charge in [0.1, 0.15) is 0 Å². The van der Waals surface area contributed by atoms with E-state index in [4.69, 9.17) is 23.2 Å². The Bertz CT molecular complexity index is 596. The number of carbonyl (C=O) groups is 1. The fourth-order valence-electron chi connectivity index (χ4n) is 1.64. The number of ketones is 1. The van der Waals surface area contributed by atoms with Crippen LogP contribution in [0.5, 0.6) is 0 Å². The van der Waals surface area contributed by atoms with Crippen LogP contribution < -0.4 is 0 Å². The van der Waals surface area contributed by atoms with E-state index in [9.17, 15) is 4.79 Å². The first-order chi connectivity index (χ1) is 8.56. The molecule has 0 heterocycles. The Kier molecular flexibility index (Phi) is 4.65. The van der Waals surface area contributed by atoms with Crippen LogP contribution in [0.1, 0.15) is 15.9 Å². The smallest absolute Gasteiger partial charge is 0.168 e. The molecular formula is C14H9Cl2IO. The van der Waals surface area contributed by atoms with Crippen molar-refractivity contribution in [3.63, 3.8) is 0 Å². The van der Waals surface area contributed by atoms with Gasteiger partial charge in [-0.3, -0.25) is 4.79 Å². The zero-order chi connectivity index (χ0) is 13.1. The van der Waals surface area contributed by atoms with Crippen LogP contribution in [0.2, 0.25) is 10.0 Å². The molecule has 92 valence electrons. The molecule has 0 fully saturated rings. The van der Waals surface area contributed by atoms with Crippen LogP contribution in [0.3, 0.4) is 0 Å². The van der Waals surface area contributed by atoms with E-state index in [1.807, 2.05) is 18.2 Å². The third kappa shape index (κ3) is 3.46. The average Bonchev–Trinajstić information content (AvgIpc) is 2.32. The van der Waals surface area contributed by atoms with Gasteiger partial charge in [-0.1, -0.05) is 35.3 Å². The van der Waals surface area contributed by atoms with Crippen LogP contribution in [0.4, 0.5) is 0 Å². The Balaban J connectivity index is 2.24. The lowest BCUT2D eigenvalue weighted by Crippen LogP contribution is -2.05. The van der Waals surface area contributed by atoms with Gasteiger partial charge in [0.2, 0.25) is 0 Å². The molecule has 1 nitrogen and oxygen atoms in total. The summed E-state index contributed by atoms with van der Waals surface area (Å²) < 4.78 is 0.907. The molecule has 4 heteroatoms. The summed E-state index contributed by atoms with van der Waals surface area (Å²) >= 11 is 13.9. The third-order valence-electron chi connectivity index (χ3n) is 2.48. The highest BCUT2D eigenvalue weighted by Gasteiger charge is 2.11. The molecule has 0 saturated heterocycles. The molecule has 0 N–H and O–H groups in total. The van der Waals surface area contributed by atoms with Crippen LogP contribution in [-0.4, -0.2) is 5.78 Å². The highest BCUT2D eigenvalue weighted by Crippen LogP contribution is 2.20. The second-order valence-corrected chi connectivity index (χ2v) is 5.89. The maximum atomic E-state index is 12.2. The van der Waals surface area contributed by atoms with Gasteiger partial charge in [-0.2, -0.15) is 0 Å². The topological polar surface area (TPSA) is 17.1 Å². The molecule has 0 spiro atoms. The van der Waals surface area contributed by atoms with Crippen LogP contribution in [0, 0.1) is 3.57 Å². The molecule has 0 bridgehead atoms.